The Kier molecular flexibility index (Phi) is 1.82. The van der Waals surface area contributed by atoms with Crippen molar-refractivity contribution >= 4 is 11.6 Å². The van der Waals surface area contributed by atoms with Crippen molar-refractivity contribution in [2.45, 2.75) is 0 Å². The fraction of sp³-hybridized carbons (Fsp3) is 0. The smallest absolute Gasteiger partial charge is 0.171 e. The van der Waals surface area contributed by atoms with Crippen LogP contribution in [-0.2, 0) is 0 Å². The van der Waals surface area contributed by atoms with E-state index in [1.54, 1.807) is 18.2 Å². The summed E-state index contributed by atoms with van der Waals surface area (Å²) >= 11 is 5.87. The summed E-state index contributed by atoms with van der Waals surface area (Å²) in [7, 11) is 0. The highest BCUT2D eigenvalue weighted by Gasteiger charge is 2.17. The lowest BCUT2D eigenvalue weighted by Crippen LogP contribution is -1.97. The summed E-state index contributed by atoms with van der Waals surface area (Å²) in [6, 6.07) is 12.9. The van der Waals surface area contributed by atoms with Crippen molar-refractivity contribution < 1.29 is 9.47 Å². The van der Waals surface area contributed by atoms with E-state index < -0.39 is 0 Å². The van der Waals surface area contributed by atoms with Crippen molar-refractivity contribution in [3.05, 3.63) is 47.5 Å². The lowest BCUT2D eigenvalue weighted by Gasteiger charge is -2.20. The minimum atomic E-state index is 0.636. The molecule has 1 aliphatic heterocycles. The van der Waals surface area contributed by atoms with Gasteiger partial charge in [-0.25, -0.2) is 0 Å². The third-order valence-electron chi connectivity index (χ3n) is 2.19. The largest absolute Gasteiger partial charge is 0.450 e. The molecule has 0 amide bonds. The van der Waals surface area contributed by atoms with Crippen LogP contribution in [0.3, 0.4) is 0 Å². The molecule has 2 aromatic rings. The Hall–Kier alpha value is -1.67. The van der Waals surface area contributed by atoms with Gasteiger partial charge in [0.2, 0.25) is 0 Å². The molecule has 0 unspecified atom stereocenters. The van der Waals surface area contributed by atoms with Crippen LogP contribution in [0.15, 0.2) is 42.5 Å². The number of benzene rings is 2. The number of hydrogen-bond donors (Lipinski definition) is 0. The molecule has 0 radical (unpaired) electrons. The van der Waals surface area contributed by atoms with E-state index in [4.69, 9.17) is 21.1 Å². The minimum absolute atomic E-state index is 0.636. The Morgan fingerprint density at radius 1 is 0.733 bits per heavy atom. The Balaban J connectivity index is 2.11. The molecule has 0 N–H and O–H groups in total. The van der Waals surface area contributed by atoms with Gasteiger partial charge in [0.05, 0.1) is 0 Å². The maximum absolute atomic E-state index is 5.87. The second-order valence-electron chi connectivity index (χ2n) is 3.24. The lowest BCUT2D eigenvalue weighted by atomic mass is 10.2. The molecule has 0 aromatic heterocycles. The highest BCUT2D eigenvalue weighted by atomic mass is 35.5. The van der Waals surface area contributed by atoms with E-state index >= 15 is 0 Å². The molecular weight excluding hydrogens is 212 g/mol. The first kappa shape index (κ1) is 8.62. The molecule has 1 aliphatic rings. The van der Waals surface area contributed by atoms with E-state index in [1.807, 2.05) is 24.3 Å². The molecule has 15 heavy (non-hydrogen) atoms. The number of ether oxygens (including phenoxy) is 2. The highest BCUT2D eigenvalue weighted by molar-refractivity contribution is 6.30. The topological polar surface area (TPSA) is 18.5 Å². The first-order valence-corrected chi connectivity index (χ1v) is 4.95. The molecule has 0 saturated carbocycles. The Morgan fingerprint density at radius 3 is 2.07 bits per heavy atom. The molecule has 3 heteroatoms. The maximum atomic E-state index is 5.87. The average molecular weight is 219 g/mol. The van der Waals surface area contributed by atoms with Gasteiger partial charge >= 0.3 is 0 Å². The molecule has 3 rings (SSSR count). The Labute approximate surface area is 92.0 Å². The number of hydrogen-bond acceptors (Lipinski definition) is 2. The van der Waals surface area contributed by atoms with Gasteiger partial charge in [0, 0.05) is 11.1 Å². The number of fused-ring (bicyclic) bond motifs is 2. The molecule has 0 bridgehead atoms. The van der Waals surface area contributed by atoms with Crippen LogP contribution in [0.25, 0.3) is 0 Å². The average Bonchev–Trinajstić information content (AvgIpc) is 2.26. The highest BCUT2D eigenvalue weighted by Crippen LogP contribution is 2.45. The second kappa shape index (κ2) is 3.17. The number of para-hydroxylation sites is 2. The van der Waals surface area contributed by atoms with E-state index in [0.29, 0.717) is 22.3 Å². The standard InChI is InChI=1S/C12H7ClO2/c13-8-5-6-11-12(7-8)15-10-4-2-1-3-9(10)14-11/h1-7H. The molecule has 0 atom stereocenters. The zero-order chi connectivity index (χ0) is 10.3. The van der Waals surface area contributed by atoms with Crippen LogP contribution in [0.5, 0.6) is 23.0 Å². The first-order valence-electron chi connectivity index (χ1n) is 4.57. The van der Waals surface area contributed by atoms with Crippen LogP contribution in [0.2, 0.25) is 5.02 Å². The molecule has 0 aliphatic carbocycles. The van der Waals surface area contributed by atoms with Crippen molar-refractivity contribution in [1.82, 2.24) is 0 Å². The van der Waals surface area contributed by atoms with Gasteiger partial charge in [-0.05, 0) is 24.3 Å². The third kappa shape index (κ3) is 1.43. The molecular formula is C12H7ClO2. The molecule has 0 saturated heterocycles. The van der Waals surface area contributed by atoms with Gasteiger partial charge in [0.1, 0.15) is 0 Å². The Morgan fingerprint density at radius 2 is 1.33 bits per heavy atom. The van der Waals surface area contributed by atoms with Gasteiger partial charge in [-0.2, -0.15) is 0 Å². The van der Waals surface area contributed by atoms with E-state index in [0.717, 1.165) is 5.75 Å². The van der Waals surface area contributed by atoms with Gasteiger partial charge in [-0.3, -0.25) is 0 Å². The summed E-state index contributed by atoms with van der Waals surface area (Å²) in [5.41, 5.74) is 0. The molecule has 0 spiro atoms. The number of rotatable bonds is 0. The van der Waals surface area contributed by atoms with E-state index in [9.17, 15) is 0 Å². The van der Waals surface area contributed by atoms with Crippen LogP contribution in [0.4, 0.5) is 0 Å². The van der Waals surface area contributed by atoms with Gasteiger partial charge in [-0.15, -0.1) is 0 Å². The first-order chi connectivity index (χ1) is 7.33. The summed E-state index contributed by atoms with van der Waals surface area (Å²) in [6.45, 7) is 0. The molecule has 74 valence electrons. The van der Waals surface area contributed by atoms with E-state index in [2.05, 4.69) is 0 Å². The van der Waals surface area contributed by atoms with Gasteiger partial charge in [0.25, 0.3) is 0 Å². The van der Waals surface area contributed by atoms with E-state index in [1.165, 1.54) is 0 Å². The molecule has 2 nitrogen and oxygen atoms in total. The van der Waals surface area contributed by atoms with Crippen LogP contribution in [0, 0.1) is 0 Å². The summed E-state index contributed by atoms with van der Waals surface area (Å²) in [5, 5.41) is 0.636. The van der Waals surface area contributed by atoms with Crippen molar-refractivity contribution in [2.75, 3.05) is 0 Å². The Bertz CT molecular complexity index is 523. The fourth-order valence-corrected chi connectivity index (χ4v) is 1.66. The molecule has 2 aromatic carbocycles. The maximum Gasteiger partial charge on any atom is 0.171 e. The predicted octanol–water partition coefficient (Wildman–Crippen LogP) is 4.24. The zero-order valence-electron chi connectivity index (χ0n) is 7.74. The molecule has 0 fully saturated rings. The molecule has 1 heterocycles. The predicted molar refractivity (Wildman–Crippen MR) is 58.0 cm³/mol. The minimum Gasteiger partial charge on any atom is -0.450 e. The quantitative estimate of drug-likeness (QED) is 0.562. The van der Waals surface area contributed by atoms with Crippen molar-refractivity contribution in [3.8, 4) is 23.0 Å². The van der Waals surface area contributed by atoms with Crippen molar-refractivity contribution in [2.24, 2.45) is 0 Å². The summed E-state index contributed by atoms with van der Waals surface area (Å²) in [4.78, 5) is 0. The van der Waals surface area contributed by atoms with Crippen molar-refractivity contribution in [3.63, 3.8) is 0 Å². The SMILES string of the molecule is Clc1ccc2c(c1)Oc1ccccc1O2. The van der Waals surface area contributed by atoms with Gasteiger partial charge < -0.3 is 9.47 Å². The normalized spacial score (nSPS) is 12.1. The fourth-order valence-electron chi connectivity index (χ4n) is 1.50. The van der Waals surface area contributed by atoms with E-state index in [-0.39, 0.29) is 0 Å². The van der Waals surface area contributed by atoms with Crippen molar-refractivity contribution in [1.29, 1.82) is 0 Å². The van der Waals surface area contributed by atoms with Crippen LogP contribution >= 0.6 is 11.6 Å². The van der Waals surface area contributed by atoms with Gasteiger partial charge in [0.15, 0.2) is 23.0 Å². The monoisotopic (exact) mass is 218 g/mol. The lowest BCUT2D eigenvalue weighted by molar-refractivity contribution is 0.359. The van der Waals surface area contributed by atoms with Crippen LogP contribution < -0.4 is 9.47 Å². The van der Waals surface area contributed by atoms with Gasteiger partial charge in [-0.1, -0.05) is 23.7 Å². The summed E-state index contributed by atoms with van der Waals surface area (Å²) < 4.78 is 11.3. The van der Waals surface area contributed by atoms with Crippen LogP contribution in [-0.4, -0.2) is 0 Å². The van der Waals surface area contributed by atoms with Crippen LogP contribution in [0.1, 0.15) is 0 Å². The second-order valence-corrected chi connectivity index (χ2v) is 3.68. The zero-order valence-corrected chi connectivity index (χ0v) is 8.49. The number of halogens is 1. The third-order valence-corrected chi connectivity index (χ3v) is 2.43. The summed E-state index contributed by atoms with van der Waals surface area (Å²) in [5.74, 6) is 2.79. The summed E-state index contributed by atoms with van der Waals surface area (Å²) in [6.07, 6.45) is 0.